The zero-order chi connectivity index (χ0) is 20.0. The summed E-state index contributed by atoms with van der Waals surface area (Å²) in [6.45, 7) is 3.49. The van der Waals surface area contributed by atoms with Crippen molar-refractivity contribution in [1.29, 1.82) is 0 Å². The summed E-state index contributed by atoms with van der Waals surface area (Å²) < 4.78 is 24.9. The van der Waals surface area contributed by atoms with Crippen molar-refractivity contribution in [3.05, 3.63) is 36.4 Å². The third-order valence-corrected chi connectivity index (χ3v) is 6.77. The van der Waals surface area contributed by atoms with Gasteiger partial charge in [0.15, 0.2) is 0 Å². The molecule has 1 aliphatic carbocycles. The van der Waals surface area contributed by atoms with E-state index in [4.69, 9.17) is 4.74 Å². The van der Waals surface area contributed by atoms with Gasteiger partial charge in [0.25, 0.3) is 0 Å². The van der Waals surface area contributed by atoms with E-state index < -0.39 is 5.67 Å². The number of aromatic nitrogens is 4. The van der Waals surface area contributed by atoms with Crippen LogP contribution in [0.1, 0.15) is 31.2 Å². The van der Waals surface area contributed by atoms with Crippen LogP contribution < -0.4 is 0 Å². The molecule has 1 saturated carbocycles. The Morgan fingerprint density at radius 3 is 2.62 bits per heavy atom. The quantitative estimate of drug-likeness (QED) is 0.665. The molecule has 6 nitrogen and oxygen atoms in total. The molecule has 0 spiro atoms. The fraction of sp³-hybridized carbons (Fsp3) is 0.524. The van der Waals surface area contributed by atoms with Crippen molar-refractivity contribution in [1.82, 2.24) is 23.6 Å². The SMILES string of the molecule is Cn1cc(-c2cn(S)c3ncc([C@]4(F)CC[C@@H](N5CCOCC5)CC4)cc23)cn1. The number of aryl methyl sites for hydroxylation is 1. The fourth-order valence-corrected chi connectivity index (χ4v) is 5.06. The number of ether oxygens (including phenoxy) is 1. The van der Waals surface area contributed by atoms with Crippen molar-refractivity contribution >= 4 is 23.8 Å². The van der Waals surface area contributed by atoms with Gasteiger partial charge in [0.1, 0.15) is 11.3 Å². The van der Waals surface area contributed by atoms with Crippen molar-refractivity contribution in [2.75, 3.05) is 26.3 Å². The van der Waals surface area contributed by atoms with Crippen LogP contribution in [0.4, 0.5) is 4.39 Å². The van der Waals surface area contributed by atoms with Gasteiger partial charge in [-0.05, 0) is 31.7 Å². The minimum absolute atomic E-state index is 0.462. The molecular formula is C21H26FN5OS. The van der Waals surface area contributed by atoms with Crippen LogP contribution in [-0.2, 0) is 17.5 Å². The summed E-state index contributed by atoms with van der Waals surface area (Å²) in [5.74, 6) is 0. The van der Waals surface area contributed by atoms with E-state index in [-0.39, 0.29) is 0 Å². The average molecular weight is 416 g/mol. The molecule has 154 valence electrons. The maximum absolute atomic E-state index is 16.0. The first-order chi connectivity index (χ1) is 14.0. The number of hydrogen-bond acceptors (Lipinski definition) is 5. The van der Waals surface area contributed by atoms with Crippen LogP contribution in [0.5, 0.6) is 0 Å². The molecule has 0 N–H and O–H groups in total. The first-order valence-corrected chi connectivity index (χ1v) is 10.6. The monoisotopic (exact) mass is 415 g/mol. The third kappa shape index (κ3) is 3.47. The Kier molecular flexibility index (Phi) is 4.88. The lowest BCUT2D eigenvalue weighted by Crippen LogP contribution is -2.46. The second kappa shape index (κ2) is 7.41. The molecular weight excluding hydrogens is 389 g/mol. The highest BCUT2D eigenvalue weighted by Crippen LogP contribution is 2.43. The fourth-order valence-electron chi connectivity index (χ4n) is 4.78. The van der Waals surface area contributed by atoms with Crippen molar-refractivity contribution in [3.63, 3.8) is 0 Å². The number of rotatable bonds is 3. The van der Waals surface area contributed by atoms with Gasteiger partial charge in [-0.1, -0.05) is 12.8 Å². The summed E-state index contributed by atoms with van der Waals surface area (Å²) in [5, 5.41) is 5.18. The Bertz CT molecular complexity index is 1020. The minimum Gasteiger partial charge on any atom is -0.379 e. The minimum atomic E-state index is -1.32. The second-order valence-corrected chi connectivity index (χ2v) is 8.66. The molecule has 1 aliphatic heterocycles. The Morgan fingerprint density at radius 2 is 1.93 bits per heavy atom. The standard InChI is InChI=1S/C21H26FN5OS/c1-25-13-15(11-24-25)19-14-27(29)20-18(19)10-16(12-23-20)21(22)4-2-17(3-5-21)26-6-8-28-9-7-26/h10-14,17,29H,2-9H2,1H3/t17-,21+. The molecule has 0 amide bonds. The van der Waals surface area contributed by atoms with Gasteiger partial charge < -0.3 is 4.74 Å². The predicted molar refractivity (Wildman–Crippen MR) is 114 cm³/mol. The molecule has 0 unspecified atom stereocenters. The summed E-state index contributed by atoms with van der Waals surface area (Å²) in [7, 11) is 1.89. The zero-order valence-corrected chi connectivity index (χ0v) is 17.5. The topological polar surface area (TPSA) is 48.1 Å². The number of nitrogens with zero attached hydrogens (tertiary/aromatic N) is 5. The maximum atomic E-state index is 16.0. The number of fused-ring (bicyclic) bond motifs is 1. The number of pyridine rings is 1. The molecule has 1 saturated heterocycles. The molecule has 5 rings (SSSR count). The normalized spacial score (nSPS) is 26.2. The highest BCUT2D eigenvalue weighted by atomic mass is 32.1. The molecule has 0 radical (unpaired) electrons. The lowest BCUT2D eigenvalue weighted by molar-refractivity contribution is -0.0116. The number of thiol groups is 1. The number of alkyl halides is 1. The number of morpholine rings is 1. The van der Waals surface area contributed by atoms with Gasteiger partial charge in [-0.15, -0.1) is 0 Å². The average Bonchev–Trinajstić information content (AvgIpc) is 3.32. The van der Waals surface area contributed by atoms with E-state index in [1.807, 2.05) is 31.7 Å². The van der Waals surface area contributed by atoms with E-state index in [1.165, 1.54) is 0 Å². The lowest BCUT2D eigenvalue weighted by atomic mass is 9.79. The number of halogens is 1. The van der Waals surface area contributed by atoms with E-state index in [9.17, 15) is 0 Å². The molecule has 0 atom stereocenters. The van der Waals surface area contributed by atoms with Crippen LogP contribution >= 0.6 is 12.8 Å². The van der Waals surface area contributed by atoms with E-state index in [0.717, 1.165) is 61.3 Å². The van der Waals surface area contributed by atoms with Gasteiger partial charge in [-0.25, -0.2) is 9.37 Å². The largest absolute Gasteiger partial charge is 0.379 e. The Hall–Kier alpha value is -1.90. The molecule has 2 fully saturated rings. The van der Waals surface area contributed by atoms with Crippen LogP contribution in [0.2, 0.25) is 0 Å². The van der Waals surface area contributed by atoms with E-state index in [2.05, 4.69) is 27.8 Å². The Balaban J connectivity index is 1.43. The Labute approximate surface area is 175 Å². The molecule has 8 heteroatoms. The Morgan fingerprint density at radius 1 is 1.17 bits per heavy atom. The van der Waals surface area contributed by atoms with Gasteiger partial charge in [-0.2, -0.15) is 5.10 Å². The van der Waals surface area contributed by atoms with Crippen LogP contribution in [0.3, 0.4) is 0 Å². The highest BCUT2D eigenvalue weighted by molar-refractivity contribution is 7.78. The van der Waals surface area contributed by atoms with Crippen LogP contribution in [-0.4, -0.2) is 56.0 Å². The van der Waals surface area contributed by atoms with Crippen molar-refractivity contribution in [2.45, 2.75) is 37.4 Å². The van der Waals surface area contributed by atoms with E-state index in [1.54, 1.807) is 14.9 Å². The van der Waals surface area contributed by atoms with Crippen molar-refractivity contribution in [2.24, 2.45) is 7.05 Å². The molecule has 3 aromatic rings. The van der Waals surface area contributed by atoms with Gasteiger partial charge in [0.2, 0.25) is 0 Å². The molecule has 3 aromatic heterocycles. The highest BCUT2D eigenvalue weighted by Gasteiger charge is 2.39. The number of hydrogen-bond donors (Lipinski definition) is 1. The van der Waals surface area contributed by atoms with E-state index in [0.29, 0.717) is 24.4 Å². The van der Waals surface area contributed by atoms with Crippen LogP contribution in [0, 0.1) is 0 Å². The van der Waals surface area contributed by atoms with Gasteiger partial charge in [0.05, 0.1) is 19.4 Å². The summed E-state index contributed by atoms with van der Waals surface area (Å²) in [4.78, 5) is 7.02. The van der Waals surface area contributed by atoms with E-state index >= 15 is 4.39 Å². The predicted octanol–water partition coefficient (Wildman–Crippen LogP) is 3.57. The second-order valence-electron chi connectivity index (χ2n) is 8.23. The lowest BCUT2D eigenvalue weighted by Gasteiger charge is -2.41. The van der Waals surface area contributed by atoms with Gasteiger partial charge in [-0.3, -0.25) is 13.6 Å². The summed E-state index contributed by atoms with van der Waals surface area (Å²) in [6, 6.07) is 2.43. The molecule has 2 aliphatic rings. The first-order valence-electron chi connectivity index (χ1n) is 10.2. The van der Waals surface area contributed by atoms with Crippen molar-refractivity contribution < 1.29 is 9.13 Å². The zero-order valence-electron chi connectivity index (χ0n) is 16.6. The maximum Gasteiger partial charge on any atom is 0.150 e. The third-order valence-electron chi connectivity index (χ3n) is 6.47. The molecule has 0 aromatic carbocycles. The molecule has 29 heavy (non-hydrogen) atoms. The van der Waals surface area contributed by atoms with Gasteiger partial charge >= 0.3 is 0 Å². The molecule has 0 bridgehead atoms. The van der Waals surface area contributed by atoms with Crippen LogP contribution in [0.15, 0.2) is 30.9 Å². The molecule has 4 heterocycles. The summed E-state index contributed by atoms with van der Waals surface area (Å²) in [6.07, 6.45) is 10.2. The smallest absolute Gasteiger partial charge is 0.150 e. The summed E-state index contributed by atoms with van der Waals surface area (Å²) in [5.41, 5.74) is 2.04. The summed E-state index contributed by atoms with van der Waals surface area (Å²) >= 11 is 4.50. The first kappa shape index (κ1) is 19.1. The van der Waals surface area contributed by atoms with Gasteiger partial charge in [0, 0.05) is 66.8 Å². The van der Waals surface area contributed by atoms with Crippen molar-refractivity contribution in [3.8, 4) is 11.1 Å². The van der Waals surface area contributed by atoms with Crippen LogP contribution in [0.25, 0.3) is 22.2 Å².